The van der Waals surface area contributed by atoms with Crippen LogP contribution in [0.25, 0.3) is 0 Å². The van der Waals surface area contributed by atoms with Crippen LogP contribution >= 0.6 is 11.8 Å². The summed E-state index contributed by atoms with van der Waals surface area (Å²) in [5, 5.41) is 4.36. The van der Waals surface area contributed by atoms with Crippen molar-refractivity contribution < 1.29 is 0 Å². The first-order valence-electron chi connectivity index (χ1n) is 4.63. The van der Waals surface area contributed by atoms with E-state index in [0.717, 1.165) is 24.0 Å². The van der Waals surface area contributed by atoms with Gasteiger partial charge in [0.05, 0.1) is 5.69 Å². The van der Waals surface area contributed by atoms with E-state index in [9.17, 15) is 0 Å². The highest BCUT2D eigenvalue weighted by molar-refractivity contribution is 7.99. The van der Waals surface area contributed by atoms with Crippen molar-refractivity contribution in [3.8, 4) is 0 Å². The summed E-state index contributed by atoms with van der Waals surface area (Å²) in [6.45, 7) is 2.98. The van der Waals surface area contributed by atoms with Gasteiger partial charge in [-0.1, -0.05) is 0 Å². The summed E-state index contributed by atoms with van der Waals surface area (Å²) in [6, 6.07) is 1.93. The van der Waals surface area contributed by atoms with Gasteiger partial charge in [-0.2, -0.15) is 16.9 Å². The Balaban J connectivity index is 2.03. The Morgan fingerprint density at radius 3 is 3.15 bits per heavy atom. The van der Waals surface area contributed by atoms with E-state index >= 15 is 0 Å². The van der Waals surface area contributed by atoms with Crippen LogP contribution < -0.4 is 5.73 Å². The molecule has 72 valence electrons. The average molecular weight is 197 g/mol. The van der Waals surface area contributed by atoms with E-state index in [1.54, 1.807) is 0 Å². The van der Waals surface area contributed by atoms with Crippen molar-refractivity contribution >= 4 is 17.6 Å². The lowest BCUT2D eigenvalue weighted by Gasteiger charge is -2.09. The molecule has 4 heteroatoms. The summed E-state index contributed by atoms with van der Waals surface area (Å²) < 4.78 is 1.94. The minimum Gasteiger partial charge on any atom is -0.384 e. The van der Waals surface area contributed by atoms with E-state index in [-0.39, 0.29) is 0 Å². The van der Waals surface area contributed by atoms with Crippen molar-refractivity contribution in [2.75, 3.05) is 17.2 Å². The number of hydrogen-bond acceptors (Lipinski definition) is 3. The fourth-order valence-electron chi connectivity index (χ4n) is 1.68. The predicted octanol–water partition coefficient (Wildman–Crippen LogP) is 1.53. The maximum Gasteiger partial charge on any atom is 0.121 e. The van der Waals surface area contributed by atoms with Crippen molar-refractivity contribution in [1.29, 1.82) is 0 Å². The number of thioether (sulfide) groups is 1. The molecule has 0 bridgehead atoms. The molecule has 3 nitrogen and oxygen atoms in total. The van der Waals surface area contributed by atoms with Crippen LogP contribution in [-0.4, -0.2) is 21.3 Å². The van der Waals surface area contributed by atoms with Gasteiger partial charge in [-0.15, -0.1) is 0 Å². The molecule has 1 aliphatic rings. The van der Waals surface area contributed by atoms with Crippen molar-refractivity contribution in [2.45, 2.75) is 19.9 Å². The second kappa shape index (κ2) is 3.62. The molecule has 2 N–H and O–H groups in total. The highest BCUT2D eigenvalue weighted by Crippen LogP contribution is 2.25. The van der Waals surface area contributed by atoms with Gasteiger partial charge in [0.2, 0.25) is 0 Å². The lowest BCUT2D eigenvalue weighted by atomic mass is 10.1. The Bertz CT molecular complexity index is 289. The van der Waals surface area contributed by atoms with Crippen LogP contribution in [-0.2, 0) is 6.54 Å². The fraction of sp³-hybridized carbons (Fsp3) is 0.667. The van der Waals surface area contributed by atoms with Gasteiger partial charge in [-0.05, 0) is 30.8 Å². The quantitative estimate of drug-likeness (QED) is 0.782. The van der Waals surface area contributed by atoms with Gasteiger partial charge < -0.3 is 5.73 Å². The van der Waals surface area contributed by atoms with Gasteiger partial charge in [0, 0.05) is 12.6 Å². The Morgan fingerprint density at radius 1 is 1.77 bits per heavy atom. The topological polar surface area (TPSA) is 43.8 Å². The Morgan fingerprint density at radius 2 is 2.62 bits per heavy atom. The zero-order valence-corrected chi connectivity index (χ0v) is 8.68. The summed E-state index contributed by atoms with van der Waals surface area (Å²) in [5.41, 5.74) is 6.83. The lowest BCUT2D eigenvalue weighted by molar-refractivity contribution is 0.462. The van der Waals surface area contributed by atoms with E-state index in [1.807, 2.05) is 29.4 Å². The van der Waals surface area contributed by atoms with Crippen molar-refractivity contribution in [2.24, 2.45) is 5.92 Å². The largest absolute Gasteiger partial charge is 0.384 e. The third kappa shape index (κ3) is 1.99. The smallest absolute Gasteiger partial charge is 0.121 e. The van der Waals surface area contributed by atoms with Crippen LogP contribution in [0.15, 0.2) is 6.07 Å². The molecule has 0 aliphatic carbocycles. The van der Waals surface area contributed by atoms with Crippen LogP contribution in [0.4, 0.5) is 5.82 Å². The Labute approximate surface area is 82.7 Å². The molecule has 0 radical (unpaired) electrons. The van der Waals surface area contributed by atoms with Crippen LogP contribution in [0, 0.1) is 12.8 Å². The summed E-state index contributed by atoms with van der Waals surface area (Å²) in [5.74, 6) is 4.13. The zero-order chi connectivity index (χ0) is 9.26. The Kier molecular flexibility index (Phi) is 2.49. The van der Waals surface area contributed by atoms with Gasteiger partial charge in [0.25, 0.3) is 0 Å². The summed E-state index contributed by atoms with van der Waals surface area (Å²) >= 11 is 2.03. The number of nitrogens with zero attached hydrogens (tertiary/aromatic N) is 2. The first kappa shape index (κ1) is 8.94. The first-order valence-corrected chi connectivity index (χ1v) is 5.79. The molecule has 0 spiro atoms. The minimum absolute atomic E-state index is 0.770. The first-order chi connectivity index (χ1) is 6.25. The van der Waals surface area contributed by atoms with Gasteiger partial charge >= 0.3 is 0 Å². The highest BCUT2D eigenvalue weighted by Gasteiger charge is 2.17. The molecule has 1 aromatic heterocycles. The lowest BCUT2D eigenvalue weighted by Crippen LogP contribution is -2.13. The van der Waals surface area contributed by atoms with Gasteiger partial charge in [-0.3, -0.25) is 0 Å². The summed E-state index contributed by atoms with van der Waals surface area (Å²) in [6.07, 6.45) is 1.31. The molecular weight excluding hydrogens is 182 g/mol. The maximum absolute atomic E-state index is 5.81. The van der Waals surface area contributed by atoms with Gasteiger partial charge in [0.15, 0.2) is 0 Å². The van der Waals surface area contributed by atoms with E-state index in [1.165, 1.54) is 17.9 Å². The number of aryl methyl sites for hydroxylation is 1. The SMILES string of the molecule is Cc1cc(N)n(CC2CCSC2)n1. The van der Waals surface area contributed by atoms with Crippen LogP contribution in [0.2, 0.25) is 0 Å². The van der Waals surface area contributed by atoms with Crippen LogP contribution in [0.1, 0.15) is 12.1 Å². The number of nitrogens with two attached hydrogens (primary N) is 1. The number of aromatic nitrogens is 2. The van der Waals surface area contributed by atoms with E-state index in [2.05, 4.69) is 5.10 Å². The number of nitrogen functional groups attached to an aromatic ring is 1. The van der Waals surface area contributed by atoms with Crippen molar-refractivity contribution in [1.82, 2.24) is 9.78 Å². The van der Waals surface area contributed by atoms with Crippen molar-refractivity contribution in [3.63, 3.8) is 0 Å². The molecule has 1 unspecified atom stereocenters. The molecule has 2 heterocycles. The van der Waals surface area contributed by atoms with E-state index < -0.39 is 0 Å². The molecule has 0 aromatic carbocycles. The maximum atomic E-state index is 5.81. The fourth-order valence-corrected chi connectivity index (χ4v) is 2.96. The van der Waals surface area contributed by atoms with E-state index in [4.69, 9.17) is 5.73 Å². The third-order valence-corrected chi connectivity index (χ3v) is 3.62. The number of anilines is 1. The molecule has 1 saturated heterocycles. The molecule has 0 amide bonds. The molecule has 1 aliphatic heterocycles. The predicted molar refractivity (Wildman–Crippen MR) is 56.8 cm³/mol. The molecule has 1 atom stereocenters. The molecule has 1 fully saturated rings. The third-order valence-electron chi connectivity index (χ3n) is 2.39. The summed E-state index contributed by atoms with van der Waals surface area (Å²) in [7, 11) is 0. The van der Waals surface area contributed by atoms with Crippen LogP contribution in [0.5, 0.6) is 0 Å². The molecule has 1 aromatic rings. The molecule has 13 heavy (non-hydrogen) atoms. The van der Waals surface area contributed by atoms with Crippen LogP contribution in [0.3, 0.4) is 0 Å². The standard InChI is InChI=1S/C9H15N3S/c1-7-4-9(10)12(11-7)5-8-2-3-13-6-8/h4,8H,2-3,5-6,10H2,1H3. The van der Waals surface area contributed by atoms with Crippen molar-refractivity contribution in [3.05, 3.63) is 11.8 Å². The number of hydrogen-bond donors (Lipinski definition) is 1. The van der Waals surface area contributed by atoms with Gasteiger partial charge in [0.1, 0.15) is 5.82 Å². The molecular formula is C9H15N3S. The second-order valence-electron chi connectivity index (χ2n) is 3.62. The second-order valence-corrected chi connectivity index (χ2v) is 4.77. The zero-order valence-electron chi connectivity index (χ0n) is 7.86. The normalized spacial score (nSPS) is 22.4. The monoisotopic (exact) mass is 197 g/mol. The molecule has 0 saturated carbocycles. The average Bonchev–Trinajstić information content (AvgIpc) is 2.63. The number of rotatable bonds is 2. The summed E-state index contributed by atoms with van der Waals surface area (Å²) in [4.78, 5) is 0. The molecule has 2 rings (SSSR count). The van der Waals surface area contributed by atoms with E-state index in [0.29, 0.717) is 0 Å². The van der Waals surface area contributed by atoms with Gasteiger partial charge in [-0.25, -0.2) is 4.68 Å². The minimum atomic E-state index is 0.770. The Hall–Kier alpha value is -0.640. The highest BCUT2D eigenvalue weighted by atomic mass is 32.2.